The van der Waals surface area contributed by atoms with Gasteiger partial charge in [-0.3, -0.25) is 0 Å². The van der Waals surface area contributed by atoms with E-state index in [2.05, 4.69) is 41.5 Å². The number of unbranched alkanes of at least 4 members (excludes halogenated alkanes) is 5. The van der Waals surface area contributed by atoms with E-state index >= 15 is 0 Å². The number of ether oxygens (including phenoxy) is 2. The molecule has 0 spiro atoms. The minimum absolute atomic E-state index is 0.140. The van der Waals surface area contributed by atoms with Crippen LogP contribution in [0.4, 0.5) is 0 Å². The van der Waals surface area contributed by atoms with Gasteiger partial charge in [-0.25, -0.2) is 4.79 Å². The maximum atomic E-state index is 12.0. The molecule has 1 aromatic rings. The van der Waals surface area contributed by atoms with Crippen molar-refractivity contribution in [2.45, 2.75) is 99.0 Å². The summed E-state index contributed by atoms with van der Waals surface area (Å²) in [4.78, 5) is 12.0. The highest BCUT2D eigenvalue weighted by atomic mass is 16.5. The monoisotopic (exact) mass is 390 g/mol. The van der Waals surface area contributed by atoms with Gasteiger partial charge in [0.2, 0.25) is 0 Å². The lowest BCUT2D eigenvalue weighted by atomic mass is 9.69. The minimum atomic E-state index is -0.332. The summed E-state index contributed by atoms with van der Waals surface area (Å²) in [7, 11) is 1.41. The minimum Gasteiger partial charge on any atom is -0.487 e. The van der Waals surface area contributed by atoms with E-state index in [1.807, 2.05) is 19.1 Å². The molecule has 0 saturated heterocycles. The van der Waals surface area contributed by atoms with Crippen LogP contribution in [0, 0.1) is 18.3 Å². The third-order valence-electron chi connectivity index (χ3n) is 5.79. The zero-order chi connectivity index (χ0) is 21.4. The number of carbonyl (C=O) groups excluding carboxylic acids is 1. The van der Waals surface area contributed by atoms with Gasteiger partial charge in [-0.1, -0.05) is 72.3 Å². The van der Waals surface area contributed by atoms with Crippen molar-refractivity contribution in [1.29, 1.82) is 0 Å². The van der Waals surface area contributed by atoms with E-state index in [4.69, 9.17) is 9.47 Å². The molecule has 0 aromatic heterocycles. The number of methoxy groups -OCH3 is 1. The van der Waals surface area contributed by atoms with E-state index in [9.17, 15) is 4.79 Å². The molecule has 0 amide bonds. The van der Waals surface area contributed by atoms with Crippen molar-refractivity contribution in [1.82, 2.24) is 0 Å². The van der Waals surface area contributed by atoms with Crippen LogP contribution < -0.4 is 4.74 Å². The van der Waals surface area contributed by atoms with Gasteiger partial charge in [-0.05, 0) is 44.7 Å². The zero-order valence-corrected chi connectivity index (χ0v) is 19.5. The van der Waals surface area contributed by atoms with E-state index < -0.39 is 0 Å². The van der Waals surface area contributed by atoms with Gasteiger partial charge in [0.1, 0.15) is 11.4 Å². The molecule has 3 nitrogen and oxygen atoms in total. The average molecular weight is 391 g/mol. The van der Waals surface area contributed by atoms with Crippen LogP contribution in [0.25, 0.3) is 0 Å². The zero-order valence-electron chi connectivity index (χ0n) is 19.5. The van der Waals surface area contributed by atoms with Gasteiger partial charge in [0, 0.05) is 11.5 Å². The fourth-order valence-corrected chi connectivity index (χ4v) is 4.36. The van der Waals surface area contributed by atoms with E-state index in [0.717, 1.165) is 17.7 Å². The van der Waals surface area contributed by atoms with E-state index in [-0.39, 0.29) is 17.0 Å². The van der Waals surface area contributed by atoms with Crippen molar-refractivity contribution < 1.29 is 14.3 Å². The molecular weight excluding hydrogens is 348 g/mol. The van der Waals surface area contributed by atoms with Crippen molar-refractivity contribution in [3.05, 3.63) is 29.3 Å². The lowest BCUT2D eigenvalue weighted by Crippen LogP contribution is -2.44. The molecule has 0 N–H and O–H groups in total. The highest BCUT2D eigenvalue weighted by Crippen LogP contribution is 2.41. The Bertz CT molecular complexity index is 611. The van der Waals surface area contributed by atoms with E-state index in [1.165, 1.54) is 45.6 Å². The molecule has 0 heterocycles. The second kappa shape index (κ2) is 10.9. The van der Waals surface area contributed by atoms with Crippen LogP contribution in [-0.4, -0.2) is 18.7 Å². The van der Waals surface area contributed by atoms with Crippen LogP contribution in [0.5, 0.6) is 5.75 Å². The van der Waals surface area contributed by atoms with Crippen LogP contribution in [0.3, 0.4) is 0 Å². The topological polar surface area (TPSA) is 35.5 Å². The summed E-state index contributed by atoms with van der Waals surface area (Å²) in [6, 6.07) is 5.61. The molecule has 3 heteroatoms. The third kappa shape index (κ3) is 7.14. The first-order valence-corrected chi connectivity index (χ1v) is 10.9. The van der Waals surface area contributed by atoms with Gasteiger partial charge in [-0.15, -0.1) is 0 Å². The van der Waals surface area contributed by atoms with Crippen LogP contribution >= 0.6 is 0 Å². The van der Waals surface area contributed by atoms with Crippen LogP contribution in [0.1, 0.15) is 102 Å². The summed E-state index contributed by atoms with van der Waals surface area (Å²) in [5.41, 5.74) is 1.22. The summed E-state index contributed by atoms with van der Waals surface area (Å²) in [5.74, 6) is 0.859. The van der Waals surface area contributed by atoms with Crippen molar-refractivity contribution >= 4 is 5.97 Å². The van der Waals surface area contributed by atoms with E-state index in [0.29, 0.717) is 11.5 Å². The molecule has 0 radical (unpaired) electrons. The Labute approximate surface area is 173 Å². The van der Waals surface area contributed by atoms with E-state index in [1.54, 1.807) is 6.07 Å². The SMILES string of the molecule is CCCCCCCCC(C(C)(C)C)C(C)(C)Oc1cccc(C(=O)OC)c1C. The summed E-state index contributed by atoms with van der Waals surface area (Å²) >= 11 is 0. The van der Waals surface area contributed by atoms with Gasteiger partial charge in [0.15, 0.2) is 0 Å². The second-order valence-electron chi connectivity index (χ2n) is 9.60. The summed E-state index contributed by atoms with van der Waals surface area (Å²) in [5, 5.41) is 0. The van der Waals surface area contributed by atoms with Crippen molar-refractivity contribution in [3.63, 3.8) is 0 Å². The molecular formula is C25H42O3. The highest BCUT2D eigenvalue weighted by molar-refractivity contribution is 5.91. The van der Waals surface area contributed by atoms with Crippen molar-refractivity contribution in [3.8, 4) is 5.75 Å². The molecule has 1 unspecified atom stereocenters. The Morgan fingerprint density at radius 3 is 2.18 bits per heavy atom. The summed E-state index contributed by atoms with van der Waals surface area (Å²) < 4.78 is 11.4. The maximum absolute atomic E-state index is 12.0. The number of benzene rings is 1. The molecule has 1 aromatic carbocycles. The third-order valence-corrected chi connectivity index (χ3v) is 5.79. The Morgan fingerprint density at radius 1 is 1.00 bits per heavy atom. The molecule has 0 fully saturated rings. The van der Waals surface area contributed by atoms with Gasteiger partial charge in [0.25, 0.3) is 0 Å². The summed E-state index contributed by atoms with van der Waals surface area (Å²) in [6.07, 6.45) is 8.97. The average Bonchev–Trinajstić information content (AvgIpc) is 2.60. The summed E-state index contributed by atoms with van der Waals surface area (Å²) in [6.45, 7) is 15.5. The number of hydrogen-bond donors (Lipinski definition) is 0. The fraction of sp³-hybridized carbons (Fsp3) is 0.720. The Balaban J connectivity index is 2.91. The number of carbonyl (C=O) groups is 1. The quantitative estimate of drug-likeness (QED) is 0.292. The molecule has 1 rings (SSSR count). The van der Waals surface area contributed by atoms with Gasteiger partial charge < -0.3 is 9.47 Å². The normalized spacial score (nSPS) is 13.3. The molecule has 0 bridgehead atoms. The van der Waals surface area contributed by atoms with Gasteiger partial charge in [0.05, 0.1) is 12.7 Å². The molecule has 0 saturated carbocycles. The smallest absolute Gasteiger partial charge is 0.338 e. The number of esters is 1. The maximum Gasteiger partial charge on any atom is 0.338 e. The number of hydrogen-bond acceptors (Lipinski definition) is 3. The Morgan fingerprint density at radius 2 is 1.61 bits per heavy atom. The van der Waals surface area contributed by atoms with Crippen LogP contribution in [0.15, 0.2) is 18.2 Å². The largest absolute Gasteiger partial charge is 0.487 e. The highest BCUT2D eigenvalue weighted by Gasteiger charge is 2.39. The van der Waals surface area contributed by atoms with Crippen LogP contribution in [0.2, 0.25) is 0 Å². The molecule has 0 aliphatic rings. The van der Waals surface area contributed by atoms with Crippen molar-refractivity contribution in [2.75, 3.05) is 7.11 Å². The molecule has 0 aliphatic carbocycles. The van der Waals surface area contributed by atoms with Gasteiger partial charge in [-0.2, -0.15) is 0 Å². The second-order valence-corrected chi connectivity index (χ2v) is 9.60. The first-order chi connectivity index (χ1) is 13.0. The Kier molecular flexibility index (Phi) is 9.53. The predicted molar refractivity (Wildman–Crippen MR) is 118 cm³/mol. The Hall–Kier alpha value is -1.51. The molecule has 1 atom stereocenters. The lowest BCUT2D eigenvalue weighted by molar-refractivity contribution is -0.0173. The van der Waals surface area contributed by atoms with Crippen molar-refractivity contribution in [2.24, 2.45) is 11.3 Å². The predicted octanol–water partition coefficient (Wildman–Crippen LogP) is 7.35. The number of rotatable bonds is 11. The molecule has 0 aliphatic heterocycles. The first kappa shape index (κ1) is 24.5. The lowest BCUT2D eigenvalue weighted by Gasteiger charge is -2.43. The molecule has 28 heavy (non-hydrogen) atoms. The van der Waals surface area contributed by atoms with Gasteiger partial charge >= 0.3 is 5.97 Å². The first-order valence-electron chi connectivity index (χ1n) is 10.9. The fourth-order valence-electron chi connectivity index (χ4n) is 4.36. The van der Waals surface area contributed by atoms with Crippen LogP contribution in [-0.2, 0) is 4.74 Å². The molecule has 160 valence electrons. The standard InChI is InChI=1S/C25H42O3/c1-9-10-11-12-13-14-18-22(24(3,4)5)25(6,7)28-21-17-15-16-20(19(21)2)23(26)27-8/h15-17,22H,9-14,18H2,1-8H3.